The second-order valence-corrected chi connectivity index (χ2v) is 7.07. The molecule has 0 spiro atoms. The third kappa shape index (κ3) is 5.03. The zero-order chi connectivity index (χ0) is 20.8. The molecule has 1 aliphatic heterocycles. The number of hydrogen-bond acceptors (Lipinski definition) is 6. The number of phenols is 1. The van der Waals surface area contributed by atoms with Crippen LogP contribution in [-0.4, -0.2) is 54.2 Å². The number of aromatic hydroxyl groups is 1. The molecule has 0 atom stereocenters. The number of rotatable bonds is 7. The molecule has 1 fully saturated rings. The molecule has 0 unspecified atom stereocenters. The minimum atomic E-state index is -0.483. The third-order valence-corrected chi connectivity index (χ3v) is 5.21. The number of nitro benzene ring substituents is 1. The summed E-state index contributed by atoms with van der Waals surface area (Å²) in [5.41, 5.74) is 1.72. The van der Waals surface area contributed by atoms with Crippen molar-refractivity contribution in [3.63, 3.8) is 0 Å². The Morgan fingerprint density at radius 2 is 1.93 bits per heavy atom. The van der Waals surface area contributed by atoms with Gasteiger partial charge in [-0.15, -0.1) is 0 Å². The number of likely N-dealkylation sites (tertiary alicyclic amines) is 1. The van der Waals surface area contributed by atoms with Crippen LogP contribution in [-0.2, 0) is 4.74 Å². The van der Waals surface area contributed by atoms with Gasteiger partial charge in [-0.25, -0.2) is 0 Å². The summed E-state index contributed by atoms with van der Waals surface area (Å²) in [6.45, 7) is 2.04. The standard InChI is InChI=1S/C21H25N3O5/c1-29-13-10-22-19-7-4-17(14-20(19)24(27)28)21(26)23-11-8-16(9-12-23)15-2-5-18(25)6-3-15/h2-7,14,16,22,25H,8-13H2,1H3. The summed E-state index contributed by atoms with van der Waals surface area (Å²) >= 11 is 0. The van der Waals surface area contributed by atoms with E-state index in [-0.39, 0.29) is 17.3 Å². The topological polar surface area (TPSA) is 105 Å². The Hall–Kier alpha value is -3.13. The quantitative estimate of drug-likeness (QED) is 0.420. The molecular weight excluding hydrogens is 374 g/mol. The first kappa shape index (κ1) is 20.6. The molecule has 29 heavy (non-hydrogen) atoms. The first-order valence-corrected chi connectivity index (χ1v) is 9.59. The van der Waals surface area contributed by atoms with Crippen molar-refractivity contribution in [3.05, 3.63) is 63.7 Å². The molecule has 2 aromatic rings. The molecule has 8 heteroatoms. The zero-order valence-electron chi connectivity index (χ0n) is 16.3. The summed E-state index contributed by atoms with van der Waals surface area (Å²) in [7, 11) is 1.56. The fourth-order valence-electron chi connectivity index (χ4n) is 3.60. The van der Waals surface area contributed by atoms with E-state index in [4.69, 9.17) is 4.74 Å². The monoisotopic (exact) mass is 399 g/mol. The number of ether oxygens (including phenoxy) is 1. The molecule has 0 saturated carbocycles. The minimum Gasteiger partial charge on any atom is -0.508 e. The molecule has 8 nitrogen and oxygen atoms in total. The predicted molar refractivity (Wildman–Crippen MR) is 109 cm³/mol. The van der Waals surface area contributed by atoms with Gasteiger partial charge in [-0.1, -0.05) is 12.1 Å². The van der Waals surface area contributed by atoms with Gasteiger partial charge in [0, 0.05) is 38.4 Å². The smallest absolute Gasteiger partial charge is 0.293 e. The van der Waals surface area contributed by atoms with Gasteiger partial charge < -0.3 is 20.1 Å². The van der Waals surface area contributed by atoms with Gasteiger partial charge in [0.05, 0.1) is 11.5 Å². The van der Waals surface area contributed by atoms with Crippen molar-refractivity contribution in [2.24, 2.45) is 0 Å². The lowest BCUT2D eigenvalue weighted by Gasteiger charge is -2.32. The molecule has 0 radical (unpaired) electrons. The first-order valence-electron chi connectivity index (χ1n) is 9.59. The van der Waals surface area contributed by atoms with Crippen molar-refractivity contribution in [3.8, 4) is 5.75 Å². The molecule has 2 aromatic carbocycles. The zero-order valence-corrected chi connectivity index (χ0v) is 16.3. The van der Waals surface area contributed by atoms with E-state index in [0.29, 0.717) is 43.4 Å². The SMILES string of the molecule is COCCNc1ccc(C(=O)N2CCC(c3ccc(O)cc3)CC2)cc1[N+](=O)[O-]. The summed E-state index contributed by atoms with van der Waals surface area (Å²) in [6.07, 6.45) is 1.63. The van der Waals surface area contributed by atoms with Gasteiger partial charge in [-0.05, 0) is 48.6 Å². The fraction of sp³-hybridized carbons (Fsp3) is 0.381. The number of carbonyl (C=O) groups excluding carboxylic acids is 1. The molecule has 0 aliphatic carbocycles. The van der Waals surface area contributed by atoms with Crippen molar-refractivity contribution in [1.82, 2.24) is 4.90 Å². The number of benzene rings is 2. The number of phenolic OH excluding ortho intramolecular Hbond substituents is 1. The van der Waals surface area contributed by atoms with Gasteiger partial charge in [0.15, 0.2) is 0 Å². The minimum absolute atomic E-state index is 0.120. The number of anilines is 1. The number of nitro groups is 1. The van der Waals surface area contributed by atoms with Crippen LogP contribution in [0.5, 0.6) is 5.75 Å². The molecular formula is C21H25N3O5. The van der Waals surface area contributed by atoms with Crippen LogP contribution in [0.3, 0.4) is 0 Å². The van der Waals surface area contributed by atoms with Crippen LogP contribution in [0.4, 0.5) is 11.4 Å². The molecule has 1 amide bonds. The van der Waals surface area contributed by atoms with Crippen LogP contribution in [0.15, 0.2) is 42.5 Å². The van der Waals surface area contributed by atoms with Crippen molar-refractivity contribution < 1.29 is 19.6 Å². The van der Waals surface area contributed by atoms with Gasteiger partial charge in [0.1, 0.15) is 11.4 Å². The van der Waals surface area contributed by atoms with Gasteiger partial charge in [0.25, 0.3) is 11.6 Å². The van der Waals surface area contributed by atoms with Crippen molar-refractivity contribution >= 4 is 17.3 Å². The Balaban J connectivity index is 1.66. The molecule has 2 N–H and O–H groups in total. The van der Waals surface area contributed by atoms with E-state index < -0.39 is 4.92 Å². The van der Waals surface area contributed by atoms with Crippen LogP contribution in [0, 0.1) is 10.1 Å². The number of amides is 1. The van der Waals surface area contributed by atoms with E-state index in [1.807, 2.05) is 12.1 Å². The highest BCUT2D eigenvalue weighted by atomic mass is 16.6. The van der Waals surface area contributed by atoms with E-state index in [1.54, 1.807) is 36.3 Å². The van der Waals surface area contributed by atoms with Crippen LogP contribution in [0.1, 0.15) is 34.7 Å². The molecule has 1 aliphatic rings. The second kappa shape index (κ2) is 9.38. The Morgan fingerprint density at radius 3 is 2.55 bits per heavy atom. The maximum Gasteiger partial charge on any atom is 0.293 e. The highest BCUT2D eigenvalue weighted by Crippen LogP contribution is 2.31. The fourth-order valence-corrected chi connectivity index (χ4v) is 3.60. The lowest BCUT2D eigenvalue weighted by molar-refractivity contribution is -0.384. The summed E-state index contributed by atoms with van der Waals surface area (Å²) in [5.74, 6) is 0.380. The van der Waals surface area contributed by atoms with Crippen molar-refractivity contribution in [1.29, 1.82) is 0 Å². The maximum absolute atomic E-state index is 12.9. The van der Waals surface area contributed by atoms with Crippen LogP contribution < -0.4 is 5.32 Å². The highest BCUT2D eigenvalue weighted by Gasteiger charge is 2.26. The Kier molecular flexibility index (Phi) is 6.66. The number of nitrogens with zero attached hydrogens (tertiary/aromatic N) is 2. The van der Waals surface area contributed by atoms with Crippen molar-refractivity contribution in [2.45, 2.75) is 18.8 Å². The third-order valence-electron chi connectivity index (χ3n) is 5.21. The summed E-state index contributed by atoms with van der Waals surface area (Å²) < 4.78 is 4.95. The molecule has 1 heterocycles. The average Bonchev–Trinajstić information content (AvgIpc) is 2.74. The van der Waals surface area contributed by atoms with Crippen LogP contribution >= 0.6 is 0 Å². The lowest BCUT2D eigenvalue weighted by Crippen LogP contribution is -2.37. The second-order valence-electron chi connectivity index (χ2n) is 7.07. The summed E-state index contributed by atoms with van der Waals surface area (Å²) in [4.78, 5) is 25.5. The molecule has 3 rings (SSSR count). The summed E-state index contributed by atoms with van der Waals surface area (Å²) in [5, 5.41) is 23.8. The number of hydrogen-bond donors (Lipinski definition) is 2. The van der Waals surface area contributed by atoms with E-state index in [1.165, 1.54) is 6.07 Å². The van der Waals surface area contributed by atoms with E-state index in [2.05, 4.69) is 5.32 Å². The number of nitrogens with one attached hydrogen (secondary N) is 1. The lowest BCUT2D eigenvalue weighted by atomic mass is 9.89. The van der Waals surface area contributed by atoms with Crippen LogP contribution in [0.25, 0.3) is 0 Å². The predicted octanol–water partition coefficient (Wildman–Crippen LogP) is 3.38. The Morgan fingerprint density at radius 1 is 1.24 bits per heavy atom. The first-order chi connectivity index (χ1) is 14.0. The largest absolute Gasteiger partial charge is 0.508 e. The van der Waals surface area contributed by atoms with Gasteiger partial charge in [0.2, 0.25) is 0 Å². The average molecular weight is 399 g/mol. The molecule has 154 valence electrons. The number of methoxy groups -OCH3 is 1. The maximum atomic E-state index is 12.9. The van der Waals surface area contributed by atoms with Crippen molar-refractivity contribution in [2.75, 3.05) is 38.7 Å². The number of piperidine rings is 1. The van der Waals surface area contributed by atoms with E-state index in [0.717, 1.165) is 18.4 Å². The van der Waals surface area contributed by atoms with Gasteiger partial charge in [-0.2, -0.15) is 0 Å². The van der Waals surface area contributed by atoms with Crippen LogP contribution in [0.2, 0.25) is 0 Å². The number of carbonyl (C=O) groups is 1. The Bertz CT molecular complexity index is 861. The molecule has 0 bridgehead atoms. The molecule has 1 saturated heterocycles. The van der Waals surface area contributed by atoms with E-state index >= 15 is 0 Å². The molecule has 0 aromatic heterocycles. The van der Waals surface area contributed by atoms with Gasteiger partial charge in [-0.3, -0.25) is 14.9 Å². The highest BCUT2D eigenvalue weighted by molar-refractivity contribution is 5.95. The van der Waals surface area contributed by atoms with E-state index in [9.17, 15) is 20.0 Å². The van der Waals surface area contributed by atoms with Gasteiger partial charge >= 0.3 is 0 Å². The normalized spacial score (nSPS) is 14.6. The summed E-state index contributed by atoms with van der Waals surface area (Å²) in [6, 6.07) is 11.7. The Labute approximate surface area is 169 Å².